The lowest BCUT2D eigenvalue weighted by Gasteiger charge is -2.36. The van der Waals surface area contributed by atoms with E-state index in [2.05, 4.69) is 32.8 Å². The van der Waals surface area contributed by atoms with Gasteiger partial charge in [-0.3, -0.25) is 4.79 Å². The number of aromatic nitrogens is 2. The van der Waals surface area contributed by atoms with Gasteiger partial charge < -0.3 is 14.5 Å². The highest BCUT2D eigenvalue weighted by atomic mass is 79.9. The van der Waals surface area contributed by atoms with Crippen molar-refractivity contribution < 1.29 is 9.47 Å². The topological polar surface area (TPSA) is 64.2 Å². The number of nitrogens with one attached hydrogen (secondary N) is 1. The first kappa shape index (κ1) is 15.7. The molecule has 1 aromatic rings. The quantitative estimate of drug-likeness (QED) is 0.891. The zero-order valence-corrected chi connectivity index (χ0v) is 13.6. The number of hydrogen-bond donors (Lipinski definition) is 1. The van der Waals surface area contributed by atoms with Gasteiger partial charge in [0.25, 0.3) is 5.56 Å². The van der Waals surface area contributed by atoms with Crippen molar-refractivity contribution in [3.8, 4) is 0 Å². The van der Waals surface area contributed by atoms with Crippen molar-refractivity contribution >= 4 is 15.9 Å². The van der Waals surface area contributed by atoms with Crippen LogP contribution in [-0.4, -0.2) is 29.8 Å². The summed E-state index contributed by atoms with van der Waals surface area (Å²) in [4.78, 5) is 19.6. The maximum Gasteiger partial charge on any atom is 0.265 e. The molecule has 20 heavy (non-hydrogen) atoms. The van der Waals surface area contributed by atoms with Crippen LogP contribution in [0.1, 0.15) is 44.6 Å². The largest absolute Gasteiger partial charge is 0.381 e. The molecule has 1 aliphatic rings. The van der Waals surface area contributed by atoms with Crippen LogP contribution >= 0.6 is 15.9 Å². The summed E-state index contributed by atoms with van der Waals surface area (Å²) in [5.74, 6) is 0.638. The molecule has 0 atom stereocenters. The van der Waals surface area contributed by atoms with Gasteiger partial charge in [0.05, 0.1) is 5.69 Å². The standard InChI is InChI=1S/C14H21BrN2O3/c1-3-5-10-11(15)12(18)17-13(16-10)14(20-4-2)6-8-19-9-7-14/h3-9H2,1-2H3,(H,16,17,18). The van der Waals surface area contributed by atoms with E-state index in [1.807, 2.05) is 6.92 Å². The van der Waals surface area contributed by atoms with Crippen molar-refractivity contribution in [1.29, 1.82) is 0 Å². The molecule has 1 aliphatic heterocycles. The lowest BCUT2D eigenvalue weighted by Crippen LogP contribution is -2.40. The van der Waals surface area contributed by atoms with Gasteiger partial charge in [-0.15, -0.1) is 0 Å². The van der Waals surface area contributed by atoms with Crippen molar-refractivity contribution in [3.63, 3.8) is 0 Å². The lowest BCUT2D eigenvalue weighted by atomic mass is 9.92. The van der Waals surface area contributed by atoms with Crippen LogP contribution < -0.4 is 5.56 Å². The Kier molecular flexibility index (Phi) is 5.35. The normalized spacial score (nSPS) is 18.1. The predicted molar refractivity (Wildman–Crippen MR) is 79.9 cm³/mol. The zero-order chi connectivity index (χ0) is 14.6. The molecule has 2 rings (SSSR count). The van der Waals surface area contributed by atoms with E-state index >= 15 is 0 Å². The minimum absolute atomic E-state index is 0.135. The number of nitrogens with zero attached hydrogens (tertiary/aromatic N) is 1. The summed E-state index contributed by atoms with van der Waals surface area (Å²) in [6.07, 6.45) is 3.16. The molecule has 1 N–H and O–H groups in total. The molecule has 1 fully saturated rings. The average Bonchev–Trinajstić information content (AvgIpc) is 2.45. The van der Waals surface area contributed by atoms with Gasteiger partial charge in [-0.05, 0) is 29.3 Å². The number of ether oxygens (including phenoxy) is 2. The molecule has 1 saturated heterocycles. The Morgan fingerprint density at radius 2 is 2.10 bits per heavy atom. The first-order chi connectivity index (χ1) is 9.63. The monoisotopic (exact) mass is 344 g/mol. The third-order valence-electron chi connectivity index (χ3n) is 3.57. The Balaban J connectivity index is 2.45. The van der Waals surface area contributed by atoms with Crippen LogP contribution in [0.2, 0.25) is 0 Å². The summed E-state index contributed by atoms with van der Waals surface area (Å²) in [6.45, 7) is 5.87. The highest BCUT2D eigenvalue weighted by Gasteiger charge is 2.38. The fourth-order valence-electron chi connectivity index (χ4n) is 2.55. The van der Waals surface area contributed by atoms with Crippen molar-refractivity contribution in [1.82, 2.24) is 9.97 Å². The molecule has 112 valence electrons. The molecule has 6 heteroatoms. The molecule has 0 bridgehead atoms. The van der Waals surface area contributed by atoms with Crippen LogP contribution in [-0.2, 0) is 21.5 Å². The van der Waals surface area contributed by atoms with Crippen LogP contribution in [0, 0.1) is 0 Å². The number of halogens is 1. The highest BCUT2D eigenvalue weighted by Crippen LogP contribution is 2.34. The molecule has 0 unspecified atom stereocenters. The summed E-state index contributed by atoms with van der Waals surface area (Å²) >= 11 is 3.32. The molecule has 0 aliphatic carbocycles. The zero-order valence-electron chi connectivity index (χ0n) is 12.0. The minimum Gasteiger partial charge on any atom is -0.381 e. The van der Waals surface area contributed by atoms with E-state index in [0.717, 1.165) is 31.4 Å². The van der Waals surface area contributed by atoms with Gasteiger partial charge in [-0.1, -0.05) is 13.3 Å². The van der Waals surface area contributed by atoms with E-state index in [1.165, 1.54) is 0 Å². The Morgan fingerprint density at radius 1 is 1.40 bits per heavy atom. The number of rotatable bonds is 5. The minimum atomic E-state index is -0.519. The van der Waals surface area contributed by atoms with E-state index < -0.39 is 5.60 Å². The maximum absolute atomic E-state index is 12.1. The van der Waals surface area contributed by atoms with Crippen molar-refractivity contribution in [2.75, 3.05) is 19.8 Å². The van der Waals surface area contributed by atoms with Gasteiger partial charge in [-0.25, -0.2) is 4.98 Å². The number of H-pyrrole nitrogens is 1. The third-order valence-corrected chi connectivity index (χ3v) is 4.39. The third kappa shape index (κ3) is 3.13. The van der Waals surface area contributed by atoms with E-state index in [9.17, 15) is 4.79 Å². The van der Waals surface area contributed by atoms with Gasteiger partial charge >= 0.3 is 0 Å². The molecule has 1 aromatic heterocycles. The SMILES string of the molecule is CCCc1nc(C2(OCC)CCOCC2)[nH]c(=O)c1Br. The second-order valence-electron chi connectivity index (χ2n) is 4.96. The Hall–Kier alpha value is -0.720. The molecule has 0 aromatic carbocycles. The van der Waals surface area contributed by atoms with Gasteiger partial charge in [-0.2, -0.15) is 0 Å². The molecule has 0 saturated carbocycles. The van der Waals surface area contributed by atoms with Crippen molar-refractivity contribution in [2.45, 2.75) is 45.1 Å². The van der Waals surface area contributed by atoms with E-state index in [4.69, 9.17) is 9.47 Å². The van der Waals surface area contributed by atoms with Crippen LogP contribution in [0.5, 0.6) is 0 Å². The molecule has 0 spiro atoms. The van der Waals surface area contributed by atoms with Gasteiger partial charge in [0.15, 0.2) is 0 Å². The molecule has 0 amide bonds. The van der Waals surface area contributed by atoms with Crippen molar-refractivity contribution in [2.24, 2.45) is 0 Å². The second kappa shape index (κ2) is 6.83. The summed E-state index contributed by atoms with van der Waals surface area (Å²) in [5.41, 5.74) is 0.149. The van der Waals surface area contributed by atoms with Crippen molar-refractivity contribution in [3.05, 3.63) is 26.3 Å². The van der Waals surface area contributed by atoms with E-state index in [1.54, 1.807) is 0 Å². The molecule has 0 radical (unpaired) electrons. The predicted octanol–water partition coefficient (Wildman–Crippen LogP) is 2.53. The highest BCUT2D eigenvalue weighted by molar-refractivity contribution is 9.10. The van der Waals surface area contributed by atoms with E-state index in [-0.39, 0.29) is 5.56 Å². The van der Waals surface area contributed by atoms with Crippen LogP contribution in [0.25, 0.3) is 0 Å². The average molecular weight is 345 g/mol. The van der Waals surface area contributed by atoms with Gasteiger partial charge in [0, 0.05) is 32.7 Å². The second-order valence-corrected chi connectivity index (χ2v) is 5.76. The summed E-state index contributed by atoms with van der Waals surface area (Å²) < 4.78 is 11.9. The first-order valence-electron chi connectivity index (χ1n) is 7.14. The smallest absolute Gasteiger partial charge is 0.265 e. The summed E-state index contributed by atoms with van der Waals surface area (Å²) in [5, 5.41) is 0. The molecular formula is C14H21BrN2O3. The number of aromatic amines is 1. The molecule has 5 nitrogen and oxygen atoms in total. The fourth-order valence-corrected chi connectivity index (χ4v) is 2.94. The van der Waals surface area contributed by atoms with Crippen LogP contribution in [0.3, 0.4) is 0 Å². The van der Waals surface area contributed by atoms with Gasteiger partial charge in [0.1, 0.15) is 15.9 Å². The Morgan fingerprint density at radius 3 is 2.70 bits per heavy atom. The molecular weight excluding hydrogens is 324 g/mol. The Labute approximate surface area is 127 Å². The Bertz CT molecular complexity index is 504. The first-order valence-corrected chi connectivity index (χ1v) is 7.93. The molecule has 2 heterocycles. The summed E-state index contributed by atoms with van der Waals surface area (Å²) in [6, 6.07) is 0. The van der Waals surface area contributed by atoms with Gasteiger partial charge in [0.2, 0.25) is 0 Å². The lowest BCUT2D eigenvalue weighted by molar-refractivity contribution is -0.118. The number of aryl methyl sites for hydroxylation is 1. The van der Waals surface area contributed by atoms with Crippen LogP contribution in [0.15, 0.2) is 9.27 Å². The van der Waals surface area contributed by atoms with E-state index in [0.29, 0.717) is 30.1 Å². The number of hydrogen-bond acceptors (Lipinski definition) is 4. The maximum atomic E-state index is 12.1. The fraction of sp³-hybridized carbons (Fsp3) is 0.714. The van der Waals surface area contributed by atoms with Crippen LogP contribution in [0.4, 0.5) is 0 Å². The summed E-state index contributed by atoms with van der Waals surface area (Å²) in [7, 11) is 0.